The van der Waals surface area contributed by atoms with Crippen LogP contribution in [0.15, 0.2) is 71.1 Å². The van der Waals surface area contributed by atoms with Gasteiger partial charge >= 0.3 is 0 Å². The predicted octanol–water partition coefficient (Wildman–Crippen LogP) is 5.75. The number of rotatable bonds is 7. The molecular weight excluding hydrogens is 468 g/mol. The van der Waals surface area contributed by atoms with Crippen molar-refractivity contribution < 1.29 is 14.3 Å². The van der Waals surface area contributed by atoms with Crippen LogP contribution in [0.4, 0.5) is 11.4 Å². The Kier molecular flexibility index (Phi) is 7.24. The van der Waals surface area contributed by atoms with Gasteiger partial charge in [-0.15, -0.1) is 23.1 Å². The third-order valence-electron chi connectivity index (χ3n) is 4.97. The van der Waals surface area contributed by atoms with Gasteiger partial charge in [-0.2, -0.15) is 0 Å². The van der Waals surface area contributed by atoms with E-state index in [4.69, 9.17) is 4.74 Å². The summed E-state index contributed by atoms with van der Waals surface area (Å²) in [6.07, 6.45) is 1.88. The lowest BCUT2D eigenvalue weighted by Crippen LogP contribution is -2.17. The van der Waals surface area contributed by atoms with Gasteiger partial charge in [0.15, 0.2) is 5.82 Å². The molecule has 0 bridgehead atoms. The summed E-state index contributed by atoms with van der Waals surface area (Å²) in [6, 6.07) is 17.7. The summed E-state index contributed by atoms with van der Waals surface area (Å²) in [5, 5.41) is 8.30. The highest BCUT2D eigenvalue weighted by Gasteiger charge is 2.19. The van der Waals surface area contributed by atoms with Gasteiger partial charge in [-0.1, -0.05) is 6.07 Å². The zero-order valence-corrected chi connectivity index (χ0v) is 20.4. The first-order chi connectivity index (χ1) is 16.5. The molecule has 2 amide bonds. The Bertz CT molecular complexity index is 1310. The highest BCUT2D eigenvalue weighted by Crippen LogP contribution is 2.28. The van der Waals surface area contributed by atoms with E-state index in [9.17, 15) is 9.59 Å². The first kappa shape index (κ1) is 23.5. The second-order valence-corrected chi connectivity index (χ2v) is 8.95. The molecule has 0 aliphatic carbocycles. The molecule has 0 aliphatic heterocycles. The topological polar surface area (TPSA) is 93.2 Å². The van der Waals surface area contributed by atoms with Crippen LogP contribution in [-0.4, -0.2) is 35.1 Å². The Labute approximate surface area is 205 Å². The molecule has 9 heteroatoms. The van der Waals surface area contributed by atoms with Gasteiger partial charge in [0.25, 0.3) is 11.8 Å². The summed E-state index contributed by atoms with van der Waals surface area (Å²) < 4.78 is 5.12. The predicted molar refractivity (Wildman–Crippen MR) is 137 cm³/mol. The minimum atomic E-state index is -0.296. The average Bonchev–Trinajstić information content (AvgIpc) is 3.39. The van der Waals surface area contributed by atoms with Crippen molar-refractivity contribution in [2.75, 3.05) is 24.0 Å². The quantitative estimate of drug-likeness (QED) is 0.253. The number of hydrogen-bond acceptors (Lipinski definition) is 7. The largest absolute Gasteiger partial charge is 0.497 e. The molecule has 0 saturated carbocycles. The molecule has 34 heavy (non-hydrogen) atoms. The Morgan fingerprint density at radius 3 is 2.15 bits per heavy atom. The van der Waals surface area contributed by atoms with Crippen molar-refractivity contribution in [3.8, 4) is 16.5 Å². The highest BCUT2D eigenvalue weighted by molar-refractivity contribution is 7.98. The van der Waals surface area contributed by atoms with Crippen LogP contribution in [0.3, 0.4) is 0 Å². The second kappa shape index (κ2) is 10.5. The zero-order chi connectivity index (χ0) is 24.1. The number of amides is 2. The molecular formula is C25H22N4O3S2. The number of aromatic nitrogens is 2. The van der Waals surface area contributed by atoms with Crippen molar-refractivity contribution in [3.05, 3.63) is 82.9 Å². The fraction of sp³-hybridized carbons (Fsp3) is 0.120. The van der Waals surface area contributed by atoms with Crippen molar-refractivity contribution in [3.63, 3.8) is 0 Å². The maximum Gasteiger partial charge on any atom is 0.260 e. The Morgan fingerprint density at radius 1 is 0.912 bits per heavy atom. The van der Waals surface area contributed by atoms with Crippen molar-refractivity contribution in [1.29, 1.82) is 0 Å². The molecule has 2 N–H and O–H groups in total. The summed E-state index contributed by atoms with van der Waals surface area (Å²) in [7, 11) is 1.59. The summed E-state index contributed by atoms with van der Waals surface area (Å²) in [5.74, 6) is 0.779. The summed E-state index contributed by atoms with van der Waals surface area (Å²) >= 11 is 2.95. The van der Waals surface area contributed by atoms with Crippen LogP contribution in [0.5, 0.6) is 5.75 Å². The van der Waals surface area contributed by atoms with Crippen LogP contribution in [0.25, 0.3) is 10.7 Å². The number of carbonyl (C=O) groups excluding carboxylic acids is 2. The fourth-order valence-electron chi connectivity index (χ4n) is 3.25. The molecule has 4 rings (SSSR count). The first-order valence-corrected chi connectivity index (χ1v) is 12.4. The van der Waals surface area contributed by atoms with Gasteiger partial charge in [0.1, 0.15) is 10.8 Å². The SMILES string of the molecule is COc1ccc(NC(=O)c2ccc(NC(=O)c3c(C)nc(-c4cccs4)nc3SC)cc2)cc1. The van der Waals surface area contributed by atoms with Gasteiger partial charge < -0.3 is 15.4 Å². The number of thiophene rings is 1. The third kappa shape index (κ3) is 5.27. The molecule has 2 heterocycles. The lowest BCUT2D eigenvalue weighted by molar-refractivity contribution is 0.101. The van der Waals surface area contributed by atoms with E-state index in [0.29, 0.717) is 44.8 Å². The number of ether oxygens (including phenoxy) is 1. The van der Waals surface area contributed by atoms with Gasteiger partial charge in [-0.3, -0.25) is 9.59 Å². The normalized spacial score (nSPS) is 10.6. The van der Waals surface area contributed by atoms with Crippen LogP contribution >= 0.6 is 23.1 Å². The van der Waals surface area contributed by atoms with Gasteiger partial charge in [0, 0.05) is 16.9 Å². The van der Waals surface area contributed by atoms with E-state index in [2.05, 4.69) is 20.6 Å². The van der Waals surface area contributed by atoms with E-state index >= 15 is 0 Å². The Balaban J connectivity index is 1.46. The number of hydrogen-bond donors (Lipinski definition) is 2. The number of methoxy groups -OCH3 is 1. The molecule has 0 aliphatic rings. The fourth-order valence-corrected chi connectivity index (χ4v) is 4.53. The molecule has 2 aromatic carbocycles. The number of nitrogens with one attached hydrogen (secondary N) is 2. The molecule has 0 spiro atoms. The maximum absolute atomic E-state index is 13.0. The van der Waals surface area contributed by atoms with Crippen LogP contribution in [0.1, 0.15) is 26.4 Å². The Morgan fingerprint density at radius 2 is 1.56 bits per heavy atom. The van der Waals surface area contributed by atoms with Gasteiger partial charge in [0.2, 0.25) is 0 Å². The van der Waals surface area contributed by atoms with E-state index in [1.54, 1.807) is 73.9 Å². The minimum Gasteiger partial charge on any atom is -0.497 e. The third-order valence-corrected chi connectivity index (χ3v) is 6.52. The minimum absolute atomic E-state index is 0.249. The van der Waals surface area contributed by atoms with Crippen molar-refractivity contribution in [2.24, 2.45) is 0 Å². The number of nitrogens with zero attached hydrogens (tertiary/aromatic N) is 2. The average molecular weight is 491 g/mol. The monoisotopic (exact) mass is 490 g/mol. The number of carbonyl (C=O) groups is 2. The van der Waals surface area contributed by atoms with E-state index in [1.165, 1.54) is 11.8 Å². The van der Waals surface area contributed by atoms with E-state index < -0.39 is 0 Å². The molecule has 0 unspecified atom stereocenters. The number of thioether (sulfide) groups is 1. The smallest absolute Gasteiger partial charge is 0.260 e. The van der Waals surface area contributed by atoms with E-state index in [-0.39, 0.29) is 11.8 Å². The number of benzene rings is 2. The molecule has 7 nitrogen and oxygen atoms in total. The van der Waals surface area contributed by atoms with Gasteiger partial charge in [-0.05, 0) is 73.2 Å². The van der Waals surface area contributed by atoms with Crippen molar-refractivity contribution >= 4 is 46.3 Å². The van der Waals surface area contributed by atoms with E-state index in [1.807, 2.05) is 23.8 Å². The zero-order valence-electron chi connectivity index (χ0n) is 18.8. The molecule has 4 aromatic rings. The lowest BCUT2D eigenvalue weighted by Gasteiger charge is -2.12. The van der Waals surface area contributed by atoms with Crippen LogP contribution in [-0.2, 0) is 0 Å². The summed E-state index contributed by atoms with van der Waals surface area (Å²) in [6.45, 7) is 1.81. The maximum atomic E-state index is 13.0. The highest BCUT2D eigenvalue weighted by atomic mass is 32.2. The van der Waals surface area contributed by atoms with Crippen LogP contribution in [0, 0.1) is 6.92 Å². The molecule has 0 radical (unpaired) electrons. The summed E-state index contributed by atoms with van der Waals surface area (Å²) in [5.41, 5.74) is 2.75. The van der Waals surface area contributed by atoms with Gasteiger partial charge in [-0.25, -0.2) is 9.97 Å². The number of anilines is 2. The van der Waals surface area contributed by atoms with E-state index in [0.717, 1.165) is 4.88 Å². The lowest BCUT2D eigenvalue weighted by atomic mass is 10.1. The molecule has 0 saturated heterocycles. The van der Waals surface area contributed by atoms with Crippen molar-refractivity contribution in [1.82, 2.24) is 9.97 Å². The Hall–Kier alpha value is -3.69. The van der Waals surface area contributed by atoms with Gasteiger partial charge in [0.05, 0.1) is 23.2 Å². The molecule has 0 atom stereocenters. The standard InChI is InChI=1S/C25H22N4O3S2/c1-15-21(25(33-3)29-22(26-15)20-5-4-14-34-20)24(31)28-17-8-6-16(7-9-17)23(30)27-18-10-12-19(32-2)13-11-18/h4-14H,1-3H3,(H,27,30)(H,28,31). The second-order valence-electron chi connectivity index (χ2n) is 7.21. The van der Waals surface area contributed by atoms with Crippen molar-refractivity contribution in [2.45, 2.75) is 11.9 Å². The summed E-state index contributed by atoms with van der Waals surface area (Å²) in [4.78, 5) is 35.6. The number of aryl methyl sites for hydroxylation is 1. The van der Waals surface area contributed by atoms with Crippen LogP contribution in [0.2, 0.25) is 0 Å². The van der Waals surface area contributed by atoms with Crippen LogP contribution < -0.4 is 15.4 Å². The molecule has 172 valence electrons. The molecule has 0 fully saturated rings. The first-order valence-electron chi connectivity index (χ1n) is 10.3. The molecule has 2 aromatic heterocycles.